The monoisotopic (exact) mass is 274 g/mol. The first-order valence-corrected chi connectivity index (χ1v) is 7.09. The van der Waals surface area contributed by atoms with Gasteiger partial charge in [-0.25, -0.2) is 0 Å². The van der Waals surface area contributed by atoms with Crippen LogP contribution in [0.3, 0.4) is 0 Å². The fourth-order valence-corrected chi connectivity index (χ4v) is 2.74. The molecule has 1 aliphatic rings. The highest BCUT2D eigenvalue weighted by molar-refractivity contribution is 7.53. The van der Waals surface area contributed by atoms with Gasteiger partial charge in [-0.15, -0.1) is 0 Å². The van der Waals surface area contributed by atoms with Crippen LogP contribution in [0.1, 0.15) is 11.7 Å². The molecule has 1 aromatic carbocycles. The number of ether oxygens (including phenoxy) is 2. The molecule has 0 spiro atoms. The summed E-state index contributed by atoms with van der Waals surface area (Å²) in [6, 6.07) is 5.04. The van der Waals surface area contributed by atoms with Crippen LogP contribution in [-0.4, -0.2) is 32.3 Å². The number of aliphatic hydroxyl groups excluding tert-OH is 1. The Kier molecular flexibility index (Phi) is 3.92. The molecule has 0 amide bonds. The SMILES string of the molecule is COP(=O)(CC(O)c1ccc2c(c1)OCO2)OC. The zero-order valence-electron chi connectivity index (χ0n) is 10.2. The van der Waals surface area contributed by atoms with Crippen LogP contribution < -0.4 is 9.47 Å². The lowest BCUT2D eigenvalue weighted by Crippen LogP contribution is -2.06. The van der Waals surface area contributed by atoms with E-state index in [1.54, 1.807) is 18.2 Å². The number of rotatable bonds is 5. The second-order valence-corrected chi connectivity index (χ2v) is 6.10. The van der Waals surface area contributed by atoms with E-state index in [-0.39, 0.29) is 13.0 Å². The first-order chi connectivity index (χ1) is 8.58. The van der Waals surface area contributed by atoms with Gasteiger partial charge in [0.15, 0.2) is 11.5 Å². The second kappa shape index (κ2) is 5.28. The summed E-state index contributed by atoms with van der Waals surface area (Å²) in [5.41, 5.74) is 0.577. The quantitative estimate of drug-likeness (QED) is 0.827. The van der Waals surface area contributed by atoms with E-state index in [2.05, 4.69) is 0 Å². The number of hydrogen-bond donors (Lipinski definition) is 1. The first kappa shape index (κ1) is 13.4. The molecule has 1 unspecified atom stereocenters. The molecule has 1 aromatic rings. The molecule has 0 saturated heterocycles. The summed E-state index contributed by atoms with van der Waals surface area (Å²) < 4.78 is 31.9. The topological polar surface area (TPSA) is 74.2 Å². The lowest BCUT2D eigenvalue weighted by atomic mass is 10.1. The summed E-state index contributed by atoms with van der Waals surface area (Å²) in [4.78, 5) is 0. The highest BCUT2D eigenvalue weighted by atomic mass is 31.2. The molecule has 6 nitrogen and oxygen atoms in total. The molecule has 0 saturated carbocycles. The number of hydrogen-bond acceptors (Lipinski definition) is 6. The fraction of sp³-hybridized carbons (Fsp3) is 0.455. The van der Waals surface area contributed by atoms with Gasteiger partial charge in [0.05, 0.1) is 12.3 Å². The van der Waals surface area contributed by atoms with E-state index in [0.717, 1.165) is 0 Å². The van der Waals surface area contributed by atoms with Gasteiger partial charge in [-0.2, -0.15) is 0 Å². The molecule has 1 N–H and O–H groups in total. The first-order valence-electron chi connectivity index (χ1n) is 5.36. The Bertz CT molecular complexity index is 467. The third-order valence-corrected chi connectivity index (χ3v) is 4.64. The molecule has 0 aliphatic carbocycles. The maximum Gasteiger partial charge on any atom is 0.333 e. The largest absolute Gasteiger partial charge is 0.454 e. The second-order valence-electron chi connectivity index (χ2n) is 3.79. The van der Waals surface area contributed by atoms with Crippen LogP contribution in [0.4, 0.5) is 0 Å². The molecule has 1 heterocycles. The molecule has 0 bridgehead atoms. The van der Waals surface area contributed by atoms with Gasteiger partial charge >= 0.3 is 7.60 Å². The molecule has 0 radical (unpaired) electrons. The average molecular weight is 274 g/mol. The van der Waals surface area contributed by atoms with Crippen molar-refractivity contribution >= 4 is 7.60 Å². The Morgan fingerprint density at radius 3 is 2.67 bits per heavy atom. The van der Waals surface area contributed by atoms with Crippen molar-refractivity contribution in [2.24, 2.45) is 0 Å². The highest BCUT2D eigenvalue weighted by Crippen LogP contribution is 2.49. The van der Waals surface area contributed by atoms with Crippen molar-refractivity contribution in [3.8, 4) is 11.5 Å². The summed E-state index contributed by atoms with van der Waals surface area (Å²) in [5, 5.41) is 10.0. The molecule has 0 aromatic heterocycles. The van der Waals surface area contributed by atoms with Crippen molar-refractivity contribution in [2.75, 3.05) is 27.2 Å². The Morgan fingerprint density at radius 2 is 2.00 bits per heavy atom. The molecular formula is C11H15O6P. The van der Waals surface area contributed by atoms with Crippen molar-refractivity contribution in [2.45, 2.75) is 6.10 Å². The highest BCUT2D eigenvalue weighted by Gasteiger charge is 2.27. The fourth-order valence-electron chi connectivity index (χ4n) is 1.66. The van der Waals surface area contributed by atoms with Crippen LogP contribution in [-0.2, 0) is 13.6 Å². The van der Waals surface area contributed by atoms with Crippen LogP contribution in [0.5, 0.6) is 11.5 Å². The summed E-state index contributed by atoms with van der Waals surface area (Å²) in [6.45, 7) is 0.170. The minimum absolute atomic E-state index is 0.111. The molecule has 100 valence electrons. The Hall–Kier alpha value is -1.07. The zero-order chi connectivity index (χ0) is 13.2. The lowest BCUT2D eigenvalue weighted by Gasteiger charge is -2.17. The van der Waals surface area contributed by atoms with Crippen LogP contribution in [0.15, 0.2) is 18.2 Å². The third kappa shape index (κ3) is 2.67. The maximum absolute atomic E-state index is 11.9. The van der Waals surface area contributed by atoms with Gasteiger partial charge in [-0.3, -0.25) is 4.57 Å². The minimum atomic E-state index is -3.24. The van der Waals surface area contributed by atoms with Gasteiger partial charge in [-0.05, 0) is 17.7 Å². The standard InChI is InChI=1S/C11H15O6P/c1-14-18(13,15-2)6-9(12)8-3-4-10-11(5-8)17-7-16-10/h3-5,9,12H,6-7H2,1-2H3. The van der Waals surface area contributed by atoms with E-state index >= 15 is 0 Å². The molecule has 2 rings (SSSR count). The molecule has 0 fully saturated rings. The van der Waals surface area contributed by atoms with Crippen LogP contribution in [0, 0.1) is 0 Å². The van der Waals surface area contributed by atoms with Crippen molar-refractivity contribution in [3.63, 3.8) is 0 Å². The number of fused-ring (bicyclic) bond motifs is 1. The summed E-state index contributed by atoms with van der Waals surface area (Å²) in [7, 11) is -0.668. The molecule has 1 atom stereocenters. The van der Waals surface area contributed by atoms with Crippen molar-refractivity contribution in [1.82, 2.24) is 0 Å². The summed E-state index contributed by atoms with van der Waals surface area (Å²) >= 11 is 0. The number of benzene rings is 1. The van der Waals surface area contributed by atoms with Crippen LogP contribution >= 0.6 is 7.60 Å². The Morgan fingerprint density at radius 1 is 1.33 bits per heavy atom. The molecule has 7 heteroatoms. The smallest absolute Gasteiger partial charge is 0.333 e. The number of aliphatic hydroxyl groups is 1. The molecule has 18 heavy (non-hydrogen) atoms. The molecule has 1 aliphatic heterocycles. The van der Waals surface area contributed by atoms with Crippen molar-refractivity contribution < 1.29 is 28.2 Å². The lowest BCUT2D eigenvalue weighted by molar-refractivity contribution is 0.172. The van der Waals surface area contributed by atoms with Crippen molar-refractivity contribution in [3.05, 3.63) is 23.8 Å². The van der Waals surface area contributed by atoms with E-state index in [0.29, 0.717) is 17.1 Å². The van der Waals surface area contributed by atoms with Gasteiger partial charge in [0, 0.05) is 14.2 Å². The predicted molar refractivity (Wildman–Crippen MR) is 64.0 cm³/mol. The third-order valence-electron chi connectivity index (χ3n) is 2.73. The van der Waals surface area contributed by atoms with Crippen LogP contribution in [0.2, 0.25) is 0 Å². The summed E-state index contributed by atoms with van der Waals surface area (Å²) in [6.07, 6.45) is -1.06. The summed E-state index contributed by atoms with van der Waals surface area (Å²) in [5.74, 6) is 1.20. The van der Waals surface area contributed by atoms with Gasteiger partial charge in [0.2, 0.25) is 6.79 Å². The Balaban J connectivity index is 2.14. The van der Waals surface area contributed by atoms with Crippen LogP contribution in [0.25, 0.3) is 0 Å². The van der Waals surface area contributed by atoms with E-state index in [4.69, 9.17) is 18.5 Å². The van der Waals surface area contributed by atoms with E-state index in [1.165, 1.54) is 14.2 Å². The van der Waals surface area contributed by atoms with Gasteiger partial charge in [-0.1, -0.05) is 6.07 Å². The minimum Gasteiger partial charge on any atom is -0.454 e. The molecular weight excluding hydrogens is 259 g/mol. The Labute approximate surface area is 105 Å². The van der Waals surface area contributed by atoms with Crippen molar-refractivity contribution in [1.29, 1.82) is 0 Å². The van der Waals surface area contributed by atoms with Gasteiger partial charge in [0.25, 0.3) is 0 Å². The van der Waals surface area contributed by atoms with Gasteiger partial charge < -0.3 is 23.6 Å². The van der Waals surface area contributed by atoms with Gasteiger partial charge in [0.1, 0.15) is 0 Å². The predicted octanol–water partition coefficient (Wildman–Crippen LogP) is 1.93. The zero-order valence-corrected chi connectivity index (χ0v) is 11.1. The maximum atomic E-state index is 11.9. The van der Waals surface area contributed by atoms with E-state index in [9.17, 15) is 9.67 Å². The van der Waals surface area contributed by atoms with E-state index in [1.807, 2.05) is 0 Å². The normalized spacial score (nSPS) is 15.7. The average Bonchev–Trinajstić information content (AvgIpc) is 2.85. The van der Waals surface area contributed by atoms with E-state index < -0.39 is 13.7 Å².